The van der Waals surface area contributed by atoms with Crippen molar-refractivity contribution in [2.24, 2.45) is 0 Å². The summed E-state index contributed by atoms with van der Waals surface area (Å²) in [6.07, 6.45) is 1.59. The smallest absolute Gasteiger partial charge is 0.410 e. The van der Waals surface area contributed by atoms with Gasteiger partial charge in [-0.1, -0.05) is 30.0 Å². The number of benzene rings is 2. The largest absolute Gasteiger partial charge is 0.490 e. The summed E-state index contributed by atoms with van der Waals surface area (Å²) in [7, 11) is 0. The molecule has 0 atom stereocenters. The number of carbonyl (C=O) groups is 3. The zero-order chi connectivity index (χ0) is 25.0. The van der Waals surface area contributed by atoms with Gasteiger partial charge in [-0.25, -0.2) is 4.79 Å². The number of hydrogen-bond acceptors (Lipinski definition) is 5. The van der Waals surface area contributed by atoms with E-state index >= 15 is 0 Å². The SMILES string of the molecule is CC(C)(C)OC(=O)N1CCC(Oc2cccc(C#CCCN3C(=O)c4ccccc4C3=O)c2)CC1. The maximum atomic E-state index is 12.4. The van der Waals surface area contributed by atoms with E-state index in [0.717, 1.165) is 24.2 Å². The minimum atomic E-state index is -0.504. The fourth-order valence-electron chi connectivity index (χ4n) is 4.10. The molecule has 0 spiro atoms. The number of hydrogen-bond donors (Lipinski definition) is 0. The van der Waals surface area contributed by atoms with Crippen LogP contribution in [-0.4, -0.2) is 59.0 Å². The predicted octanol–water partition coefficient (Wildman–Crippen LogP) is 4.50. The molecule has 0 radical (unpaired) electrons. The van der Waals surface area contributed by atoms with Crippen molar-refractivity contribution in [1.82, 2.24) is 9.80 Å². The first-order valence-electron chi connectivity index (χ1n) is 11.9. The first-order valence-corrected chi connectivity index (χ1v) is 11.9. The number of ether oxygens (including phenoxy) is 2. The number of fused-ring (bicyclic) bond motifs is 1. The molecule has 0 aromatic heterocycles. The van der Waals surface area contributed by atoms with Crippen LogP contribution in [0.4, 0.5) is 4.79 Å². The molecule has 7 nitrogen and oxygen atoms in total. The van der Waals surface area contributed by atoms with Crippen molar-refractivity contribution in [1.29, 1.82) is 0 Å². The molecule has 0 bridgehead atoms. The number of piperidine rings is 1. The highest BCUT2D eigenvalue weighted by Gasteiger charge is 2.34. The lowest BCUT2D eigenvalue weighted by Gasteiger charge is -2.33. The van der Waals surface area contributed by atoms with E-state index in [9.17, 15) is 14.4 Å². The maximum Gasteiger partial charge on any atom is 0.410 e. The normalized spacial score (nSPS) is 16.0. The zero-order valence-corrected chi connectivity index (χ0v) is 20.4. The van der Waals surface area contributed by atoms with Crippen LogP contribution in [0, 0.1) is 11.8 Å². The van der Waals surface area contributed by atoms with Gasteiger partial charge in [-0.3, -0.25) is 14.5 Å². The quantitative estimate of drug-likeness (QED) is 0.482. The lowest BCUT2D eigenvalue weighted by molar-refractivity contribution is 0.0126. The highest BCUT2D eigenvalue weighted by Crippen LogP contribution is 2.23. The van der Waals surface area contributed by atoms with Gasteiger partial charge in [0.1, 0.15) is 17.5 Å². The van der Waals surface area contributed by atoms with E-state index in [0.29, 0.717) is 30.6 Å². The Morgan fingerprint density at radius 2 is 1.66 bits per heavy atom. The monoisotopic (exact) mass is 474 g/mol. The molecule has 3 amide bonds. The van der Waals surface area contributed by atoms with Gasteiger partial charge in [-0.15, -0.1) is 0 Å². The Balaban J connectivity index is 1.27. The van der Waals surface area contributed by atoms with Crippen molar-refractivity contribution in [2.45, 2.75) is 51.7 Å². The Morgan fingerprint density at radius 3 is 2.29 bits per heavy atom. The summed E-state index contributed by atoms with van der Waals surface area (Å²) in [5.74, 6) is 6.35. The molecule has 0 aliphatic carbocycles. The van der Waals surface area contributed by atoms with Crippen LogP contribution in [0.5, 0.6) is 5.75 Å². The summed E-state index contributed by atoms with van der Waals surface area (Å²) in [6, 6.07) is 14.4. The summed E-state index contributed by atoms with van der Waals surface area (Å²) in [5.41, 5.74) is 1.20. The van der Waals surface area contributed by atoms with Gasteiger partial charge < -0.3 is 14.4 Å². The van der Waals surface area contributed by atoms with Crippen LogP contribution in [0.15, 0.2) is 48.5 Å². The van der Waals surface area contributed by atoms with Crippen molar-refractivity contribution < 1.29 is 23.9 Å². The topological polar surface area (TPSA) is 76.2 Å². The second-order valence-electron chi connectivity index (χ2n) is 9.67. The summed E-state index contributed by atoms with van der Waals surface area (Å²) in [5, 5.41) is 0. The Labute approximate surface area is 206 Å². The second-order valence-corrected chi connectivity index (χ2v) is 9.67. The van der Waals surface area contributed by atoms with Crippen LogP contribution in [0.3, 0.4) is 0 Å². The third kappa shape index (κ3) is 6.02. The van der Waals surface area contributed by atoms with E-state index < -0.39 is 5.60 Å². The minimum Gasteiger partial charge on any atom is -0.490 e. The molecule has 2 heterocycles. The van der Waals surface area contributed by atoms with Gasteiger partial charge in [-0.05, 0) is 51.1 Å². The highest BCUT2D eigenvalue weighted by molar-refractivity contribution is 6.21. The van der Waals surface area contributed by atoms with E-state index in [1.54, 1.807) is 29.2 Å². The molecule has 35 heavy (non-hydrogen) atoms. The van der Waals surface area contributed by atoms with Gasteiger partial charge in [0, 0.05) is 44.5 Å². The summed E-state index contributed by atoms with van der Waals surface area (Å²) < 4.78 is 11.6. The standard InChI is InChI=1S/C28H30N2O5/c1-28(2,3)35-27(33)29-17-14-21(15-18-29)34-22-11-8-10-20(19-22)9-6-7-16-30-25(31)23-12-4-5-13-24(23)26(30)32/h4-5,8,10-13,19,21H,7,14-18H2,1-3H3. The minimum absolute atomic E-state index is 0.0192. The maximum absolute atomic E-state index is 12.4. The summed E-state index contributed by atoms with van der Waals surface area (Å²) >= 11 is 0. The van der Waals surface area contributed by atoms with Crippen LogP contribution < -0.4 is 4.74 Å². The first-order chi connectivity index (χ1) is 16.7. The van der Waals surface area contributed by atoms with E-state index in [1.807, 2.05) is 45.0 Å². The van der Waals surface area contributed by atoms with Gasteiger partial charge >= 0.3 is 6.09 Å². The molecule has 4 rings (SSSR count). The van der Waals surface area contributed by atoms with Crippen LogP contribution in [-0.2, 0) is 4.74 Å². The zero-order valence-electron chi connectivity index (χ0n) is 20.4. The van der Waals surface area contributed by atoms with Gasteiger partial charge in [0.05, 0.1) is 11.1 Å². The van der Waals surface area contributed by atoms with Crippen molar-refractivity contribution in [3.05, 3.63) is 65.2 Å². The molecule has 2 aliphatic heterocycles. The molecule has 0 unspecified atom stereocenters. The molecular formula is C28H30N2O5. The molecule has 2 aliphatic rings. The molecule has 0 N–H and O–H groups in total. The van der Waals surface area contributed by atoms with Gasteiger partial charge in [-0.2, -0.15) is 0 Å². The predicted molar refractivity (Wildman–Crippen MR) is 131 cm³/mol. The highest BCUT2D eigenvalue weighted by atomic mass is 16.6. The average Bonchev–Trinajstić information content (AvgIpc) is 3.06. The van der Waals surface area contributed by atoms with Crippen LogP contribution in [0.1, 0.15) is 66.3 Å². The molecular weight excluding hydrogens is 444 g/mol. The Morgan fingerprint density at radius 1 is 1.00 bits per heavy atom. The van der Waals surface area contributed by atoms with Crippen molar-refractivity contribution in [3.8, 4) is 17.6 Å². The average molecular weight is 475 g/mol. The molecule has 2 aromatic rings. The fourth-order valence-corrected chi connectivity index (χ4v) is 4.10. The Bertz CT molecular complexity index is 1140. The lowest BCUT2D eigenvalue weighted by Crippen LogP contribution is -2.44. The number of rotatable bonds is 4. The third-order valence-corrected chi connectivity index (χ3v) is 5.80. The molecule has 1 saturated heterocycles. The number of nitrogens with zero attached hydrogens (tertiary/aromatic N) is 2. The van der Waals surface area contributed by atoms with Gasteiger partial charge in [0.15, 0.2) is 0 Å². The second kappa shape index (κ2) is 10.2. The number of likely N-dealkylation sites (tertiary alicyclic amines) is 1. The Hall–Kier alpha value is -3.79. The number of imide groups is 1. The van der Waals surface area contributed by atoms with Gasteiger partial charge in [0.25, 0.3) is 11.8 Å². The molecule has 0 saturated carbocycles. The summed E-state index contributed by atoms with van der Waals surface area (Å²) in [6.45, 7) is 7.03. The molecule has 1 fully saturated rings. The van der Waals surface area contributed by atoms with Crippen molar-refractivity contribution in [3.63, 3.8) is 0 Å². The van der Waals surface area contributed by atoms with E-state index in [4.69, 9.17) is 9.47 Å². The lowest BCUT2D eigenvalue weighted by atomic mass is 10.1. The fraction of sp³-hybridized carbons (Fsp3) is 0.393. The van der Waals surface area contributed by atoms with Crippen LogP contribution in [0.2, 0.25) is 0 Å². The van der Waals surface area contributed by atoms with E-state index in [2.05, 4.69) is 11.8 Å². The third-order valence-electron chi connectivity index (χ3n) is 5.80. The van der Waals surface area contributed by atoms with Crippen LogP contribution in [0.25, 0.3) is 0 Å². The molecule has 182 valence electrons. The molecule has 7 heteroatoms. The first kappa shape index (κ1) is 24.3. The summed E-state index contributed by atoms with van der Waals surface area (Å²) in [4.78, 5) is 40.1. The number of carbonyl (C=O) groups excluding carboxylic acids is 3. The van der Waals surface area contributed by atoms with E-state index in [-0.39, 0.29) is 30.6 Å². The molecule has 2 aromatic carbocycles. The van der Waals surface area contributed by atoms with E-state index in [1.165, 1.54) is 4.90 Å². The van der Waals surface area contributed by atoms with Crippen LogP contribution >= 0.6 is 0 Å². The number of amides is 3. The Kier molecular flexibility index (Phi) is 7.11. The van der Waals surface area contributed by atoms with Gasteiger partial charge in [0.2, 0.25) is 0 Å². The van der Waals surface area contributed by atoms with Crippen molar-refractivity contribution in [2.75, 3.05) is 19.6 Å². The van der Waals surface area contributed by atoms with Crippen molar-refractivity contribution >= 4 is 17.9 Å².